The molecule has 0 aliphatic heterocycles. The molecule has 0 fully saturated rings. The Morgan fingerprint density at radius 3 is 1.64 bits per heavy atom. The Morgan fingerprint density at radius 2 is 1.64 bits per heavy atom. The van der Waals surface area contributed by atoms with Crippen LogP contribution in [-0.4, -0.2) is 26.6 Å². The third-order valence-corrected chi connectivity index (χ3v) is 0.258. The molecule has 5 nitrogen and oxygen atoms in total. The average molecular weight is 162 g/mol. The highest BCUT2D eigenvalue weighted by Gasteiger charge is 1.44. The minimum absolute atomic E-state index is 0.750. The van der Waals surface area contributed by atoms with Gasteiger partial charge in [-0.2, -0.15) is 5.10 Å². The summed E-state index contributed by atoms with van der Waals surface area (Å²) in [5, 5.41) is 3.60. The monoisotopic (exact) mass is 162 g/mol. The molecule has 0 radical (unpaired) electrons. The van der Waals surface area contributed by atoms with Gasteiger partial charge in [-0.15, -0.1) is 0 Å². The molecule has 0 bridgehead atoms. The van der Waals surface area contributed by atoms with E-state index in [1.54, 1.807) is 20.3 Å². The summed E-state index contributed by atoms with van der Waals surface area (Å²) in [6.07, 6.45) is 2.44. The lowest BCUT2D eigenvalue weighted by Gasteiger charge is -1.75. The zero-order chi connectivity index (χ0) is 9.54. The van der Waals surface area contributed by atoms with Crippen LogP contribution in [0.25, 0.3) is 0 Å². The van der Waals surface area contributed by atoms with Gasteiger partial charge in [-0.05, 0) is 20.9 Å². The Morgan fingerprint density at radius 1 is 1.36 bits per heavy atom. The number of hydrazine groups is 1. The standard InChI is InChI=1S/C3H8N2.C2H4O.CH6N2/c1-3-5-4-2;1-2-3;1-3-2/h3-4H,1-2H3;2H,1H3;3H,2H2,1H3/b5-3+;;. The van der Waals surface area contributed by atoms with Gasteiger partial charge in [0.15, 0.2) is 0 Å². The van der Waals surface area contributed by atoms with Crippen LogP contribution < -0.4 is 16.7 Å². The predicted octanol–water partition coefficient (Wildman–Crippen LogP) is -0.504. The summed E-state index contributed by atoms with van der Waals surface area (Å²) in [7, 11) is 3.42. The van der Waals surface area contributed by atoms with Crippen molar-refractivity contribution in [2.24, 2.45) is 10.9 Å². The molecule has 0 aromatic rings. The fraction of sp³-hybridized carbons (Fsp3) is 0.667. The molecular weight excluding hydrogens is 144 g/mol. The number of nitrogens with zero attached hydrogens (tertiary/aromatic N) is 1. The van der Waals surface area contributed by atoms with E-state index in [2.05, 4.69) is 21.8 Å². The molecule has 0 unspecified atom stereocenters. The fourth-order valence-electron chi connectivity index (χ4n) is 0.129. The maximum Gasteiger partial charge on any atom is 0.116 e. The van der Waals surface area contributed by atoms with Crippen LogP contribution in [0.3, 0.4) is 0 Å². The third-order valence-electron chi connectivity index (χ3n) is 0.258. The number of hydrogen-bond acceptors (Lipinski definition) is 5. The van der Waals surface area contributed by atoms with Gasteiger partial charge in [0.1, 0.15) is 6.29 Å². The molecule has 11 heavy (non-hydrogen) atoms. The number of carbonyl (C=O) groups excluding carboxylic acids is 1. The van der Waals surface area contributed by atoms with E-state index >= 15 is 0 Å². The first-order chi connectivity index (χ1) is 5.24. The third kappa shape index (κ3) is 402. The molecule has 0 spiro atoms. The summed E-state index contributed by atoms with van der Waals surface area (Å²) in [5.41, 5.74) is 4.84. The van der Waals surface area contributed by atoms with Crippen molar-refractivity contribution >= 4 is 12.5 Å². The van der Waals surface area contributed by atoms with Gasteiger partial charge < -0.3 is 10.2 Å². The largest absolute Gasteiger partial charge is 0.313 e. The Kier molecular flexibility index (Phi) is 53.8. The second-order valence-corrected chi connectivity index (χ2v) is 1.14. The molecule has 68 valence electrons. The molecule has 0 aliphatic carbocycles. The van der Waals surface area contributed by atoms with Crippen LogP contribution in [0.2, 0.25) is 0 Å². The molecule has 0 heterocycles. The maximum absolute atomic E-state index is 8.81. The van der Waals surface area contributed by atoms with Crippen LogP contribution in [0.15, 0.2) is 5.10 Å². The van der Waals surface area contributed by atoms with Crippen LogP contribution in [-0.2, 0) is 4.79 Å². The summed E-state index contributed by atoms with van der Waals surface area (Å²) in [4.78, 5) is 8.81. The van der Waals surface area contributed by atoms with Crippen molar-refractivity contribution in [3.63, 3.8) is 0 Å². The minimum Gasteiger partial charge on any atom is -0.313 e. The first kappa shape index (κ1) is 16.6. The summed E-state index contributed by atoms with van der Waals surface area (Å²) in [6, 6.07) is 0. The summed E-state index contributed by atoms with van der Waals surface area (Å²) in [6.45, 7) is 3.30. The van der Waals surface area contributed by atoms with Crippen LogP contribution in [0.1, 0.15) is 13.8 Å². The van der Waals surface area contributed by atoms with E-state index < -0.39 is 0 Å². The van der Waals surface area contributed by atoms with Gasteiger partial charge in [0.25, 0.3) is 0 Å². The Labute approximate surface area is 68.0 Å². The first-order valence-corrected chi connectivity index (χ1v) is 3.16. The lowest BCUT2D eigenvalue weighted by Crippen LogP contribution is -2.13. The minimum atomic E-state index is 0.750. The van der Waals surface area contributed by atoms with Crippen molar-refractivity contribution < 1.29 is 4.79 Å². The van der Waals surface area contributed by atoms with Gasteiger partial charge in [0.2, 0.25) is 0 Å². The highest BCUT2D eigenvalue weighted by Crippen LogP contribution is 1.41. The van der Waals surface area contributed by atoms with Crippen LogP contribution >= 0.6 is 0 Å². The van der Waals surface area contributed by atoms with Gasteiger partial charge in [-0.3, -0.25) is 11.3 Å². The normalized spacial score (nSPS) is 7.00. The molecule has 0 atom stereocenters. The molecule has 4 N–H and O–H groups in total. The highest BCUT2D eigenvalue weighted by molar-refractivity contribution is 5.52. The topological polar surface area (TPSA) is 79.5 Å². The van der Waals surface area contributed by atoms with Gasteiger partial charge in [0.05, 0.1) is 0 Å². The average Bonchev–Trinajstić information content (AvgIpc) is 1.92. The molecule has 0 aromatic heterocycles. The molecular formula is C6H18N4O. The van der Waals surface area contributed by atoms with E-state index in [1.165, 1.54) is 6.92 Å². The van der Waals surface area contributed by atoms with E-state index in [9.17, 15) is 0 Å². The summed E-state index contributed by atoms with van der Waals surface area (Å²) >= 11 is 0. The van der Waals surface area contributed by atoms with Gasteiger partial charge >= 0.3 is 0 Å². The fourth-order valence-corrected chi connectivity index (χ4v) is 0.129. The van der Waals surface area contributed by atoms with E-state index in [1.807, 2.05) is 6.92 Å². The number of rotatable bonds is 1. The Balaban J connectivity index is -0.0000000933. The van der Waals surface area contributed by atoms with Crippen LogP contribution in [0.4, 0.5) is 0 Å². The highest BCUT2D eigenvalue weighted by atomic mass is 16.1. The number of hydrogen-bond donors (Lipinski definition) is 3. The zero-order valence-corrected chi connectivity index (χ0v) is 7.59. The molecule has 0 aliphatic rings. The van der Waals surface area contributed by atoms with Crippen LogP contribution in [0.5, 0.6) is 0 Å². The van der Waals surface area contributed by atoms with Crippen molar-refractivity contribution in [2.75, 3.05) is 14.1 Å². The van der Waals surface area contributed by atoms with E-state index in [-0.39, 0.29) is 0 Å². The molecule has 0 amide bonds. The second kappa shape index (κ2) is 35.7. The number of aldehydes is 1. The van der Waals surface area contributed by atoms with Crippen LogP contribution in [0, 0.1) is 0 Å². The molecule has 0 saturated heterocycles. The zero-order valence-electron chi connectivity index (χ0n) is 7.59. The smallest absolute Gasteiger partial charge is 0.116 e. The van der Waals surface area contributed by atoms with E-state index in [0.717, 1.165) is 6.29 Å². The molecule has 0 aromatic carbocycles. The summed E-state index contributed by atoms with van der Waals surface area (Å²) < 4.78 is 0. The maximum atomic E-state index is 8.81. The summed E-state index contributed by atoms with van der Waals surface area (Å²) in [5.74, 6) is 4.60. The van der Waals surface area contributed by atoms with E-state index in [0.29, 0.717) is 0 Å². The Bertz CT molecular complexity index is 75.0. The second-order valence-electron chi connectivity index (χ2n) is 1.14. The van der Waals surface area contributed by atoms with Crippen molar-refractivity contribution in [1.82, 2.24) is 10.9 Å². The lowest BCUT2D eigenvalue weighted by molar-refractivity contribution is -0.106. The van der Waals surface area contributed by atoms with Crippen molar-refractivity contribution in [2.45, 2.75) is 13.8 Å². The number of carbonyl (C=O) groups is 1. The van der Waals surface area contributed by atoms with Gasteiger partial charge in [-0.25, -0.2) is 0 Å². The van der Waals surface area contributed by atoms with Crippen molar-refractivity contribution in [3.8, 4) is 0 Å². The predicted molar refractivity (Wildman–Crippen MR) is 48.2 cm³/mol. The van der Waals surface area contributed by atoms with Gasteiger partial charge in [0, 0.05) is 13.3 Å². The SMILES string of the molecule is C/C=N/NC.CC=O.CNN. The lowest BCUT2D eigenvalue weighted by atomic mass is 10.9. The number of nitrogens with one attached hydrogen (secondary N) is 2. The first-order valence-electron chi connectivity index (χ1n) is 3.16. The molecule has 0 saturated carbocycles. The van der Waals surface area contributed by atoms with Crippen molar-refractivity contribution in [3.05, 3.63) is 0 Å². The number of nitrogens with two attached hydrogens (primary N) is 1. The number of hydrazone groups is 1. The quantitative estimate of drug-likeness (QED) is 0.210. The molecule has 0 rings (SSSR count). The molecule has 5 heteroatoms. The Hall–Kier alpha value is -0.940. The van der Waals surface area contributed by atoms with Gasteiger partial charge in [-0.1, -0.05) is 0 Å². The van der Waals surface area contributed by atoms with Crippen molar-refractivity contribution in [1.29, 1.82) is 0 Å². The van der Waals surface area contributed by atoms with E-state index in [4.69, 9.17) is 4.79 Å².